The summed E-state index contributed by atoms with van der Waals surface area (Å²) in [5.41, 5.74) is 2.25. The van der Waals surface area contributed by atoms with Crippen LogP contribution < -0.4 is 4.90 Å². The van der Waals surface area contributed by atoms with Crippen LogP contribution in [-0.4, -0.2) is 30.0 Å². The first kappa shape index (κ1) is 16.6. The summed E-state index contributed by atoms with van der Waals surface area (Å²) in [6.45, 7) is 1.72. The Hall–Kier alpha value is -3.22. The van der Waals surface area contributed by atoms with Gasteiger partial charge in [-0.3, -0.25) is 14.9 Å². The van der Waals surface area contributed by atoms with Crippen LogP contribution in [-0.2, 0) is 16.0 Å². The minimum atomic E-state index is -0.760. The van der Waals surface area contributed by atoms with Crippen molar-refractivity contribution in [2.75, 3.05) is 18.1 Å². The number of carbonyl (C=O) groups is 2. The van der Waals surface area contributed by atoms with Crippen LogP contribution in [0.2, 0.25) is 0 Å². The second-order valence-electron chi connectivity index (χ2n) is 5.76. The number of ether oxygens (including phenoxy) is 1. The Morgan fingerprint density at radius 2 is 2.00 bits per heavy atom. The molecule has 1 aliphatic heterocycles. The SMILES string of the molecule is Cc1ccc(C(=O)OCC(=O)N2CCc3ccccc32)cc1[N+](=O)[O-]. The second kappa shape index (κ2) is 6.72. The van der Waals surface area contributed by atoms with Gasteiger partial charge in [0.1, 0.15) is 0 Å². The van der Waals surface area contributed by atoms with Crippen molar-refractivity contribution < 1.29 is 19.2 Å². The molecule has 0 atom stereocenters. The van der Waals surface area contributed by atoms with Crippen molar-refractivity contribution in [2.24, 2.45) is 0 Å². The highest BCUT2D eigenvalue weighted by Crippen LogP contribution is 2.27. The minimum absolute atomic E-state index is 0.0481. The standard InChI is InChI=1S/C18H16N2O5/c1-12-6-7-14(10-16(12)20(23)24)18(22)25-11-17(21)19-9-8-13-4-2-3-5-15(13)19/h2-7,10H,8-9,11H2,1H3. The number of anilines is 1. The number of hydrogen-bond acceptors (Lipinski definition) is 5. The first-order chi connectivity index (χ1) is 12.0. The number of amides is 1. The number of para-hydroxylation sites is 1. The van der Waals surface area contributed by atoms with E-state index in [1.54, 1.807) is 11.8 Å². The first-order valence-corrected chi connectivity index (χ1v) is 7.78. The Kier molecular flexibility index (Phi) is 4.47. The van der Waals surface area contributed by atoms with Gasteiger partial charge in [-0.25, -0.2) is 4.79 Å². The van der Waals surface area contributed by atoms with Crippen molar-refractivity contribution >= 4 is 23.3 Å². The number of hydrogen-bond donors (Lipinski definition) is 0. The summed E-state index contributed by atoms with van der Waals surface area (Å²) < 4.78 is 5.04. The van der Waals surface area contributed by atoms with Gasteiger partial charge in [0.25, 0.3) is 11.6 Å². The quantitative estimate of drug-likeness (QED) is 0.485. The maximum Gasteiger partial charge on any atom is 0.338 e. The number of nitrogens with zero attached hydrogens (tertiary/aromatic N) is 2. The summed E-state index contributed by atoms with van der Waals surface area (Å²) in [5.74, 6) is -1.08. The van der Waals surface area contributed by atoms with Gasteiger partial charge in [-0.1, -0.05) is 24.3 Å². The van der Waals surface area contributed by atoms with E-state index in [1.165, 1.54) is 12.1 Å². The Balaban J connectivity index is 1.66. The highest BCUT2D eigenvalue weighted by molar-refractivity contribution is 5.98. The van der Waals surface area contributed by atoms with Gasteiger partial charge in [-0.15, -0.1) is 0 Å². The smallest absolute Gasteiger partial charge is 0.338 e. The summed E-state index contributed by atoms with van der Waals surface area (Å²) in [6.07, 6.45) is 0.764. The number of fused-ring (bicyclic) bond motifs is 1. The minimum Gasteiger partial charge on any atom is -0.452 e. The van der Waals surface area contributed by atoms with Crippen molar-refractivity contribution in [1.82, 2.24) is 0 Å². The van der Waals surface area contributed by atoms with Crippen LogP contribution in [0.3, 0.4) is 0 Å². The van der Waals surface area contributed by atoms with Crippen LogP contribution in [0.15, 0.2) is 42.5 Å². The molecule has 128 valence electrons. The van der Waals surface area contributed by atoms with Crippen LogP contribution in [0.4, 0.5) is 11.4 Å². The zero-order valence-corrected chi connectivity index (χ0v) is 13.6. The molecule has 0 bridgehead atoms. The van der Waals surface area contributed by atoms with Gasteiger partial charge in [-0.05, 0) is 31.0 Å². The fraction of sp³-hybridized carbons (Fsp3) is 0.222. The highest BCUT2D eigenvalue weighted by atomic mass is 16.6. The number of aryl methyl sites for hydroxylation is 1. The monoisotopic (exact) mass is 340 g/mol. The first-order valence-electron chi connectivity index (χ1n) is 7.78. The van der Waals surface area contributed by atoms with Gasteiger partial charge >= 0.3 is 5.97 Å². The normalized spacial score (nSPS) is 12.6. The molecule has 1 amide bonds. The molecule has 7 heteroatoms. The van der Waals surface area contributed by atoms with E-state index < -0.39 is 17.5 Å². The van der Waals surface area contributed by atoms with Gasteiger partial charge in [0, 0.05) is 23.9 Å². The molecule has 2 aromatic rings. The number of nitro groups is 1. The molecule has 0 saturated heterocycles. The molecule has 7 nitrogen and oxygen atoms in total. The van der Waals surface area contributed by atoms with E-state index in [0.29, 0.717) is 12.1 Å². The molecule has 1 heterocycles. The van der Waals surface area contributed by atoms with Gasteiger partial charge in [0.2, 0.25) is 0 Å². The fourth-order valence-corrected chi connectivity index (χ4v) is 2.82. The summed E-state index contributed by atoms with van der Waals surface area (Å²) in [4.78, 5) is 36.4. The van der Waals surface area contributed by atoms with Crippen LogP contribution in [0, 0.1) is 17.0 Å². The van der Waals surface area contributed by atoms with E-state index in [9.17, 15) is 19.7 Å². The Morgan fingerprint density at radius 1 is 1.24 bits per heavy atom. The number of carbonyl (C=O) groups excluding carboxylic acids is 2. The molecule has 0 saturated carbocycles. The zero-order chi connectivity index (χ0) is 18.0. The largest absolute Gasteiger partial charge is 0.452 e. The molecule has 3 rings (SSSR count). The summed E-state index contributed by atoms with van der Waals surface area (Å²) >= 11 is 0. The number of esters is 1. The van der Waals surface area contributed by atoms with Crippen molar-refractivity contribution in [3.63, 3.8) is 0 Å². The van der Waals surface area contributed by atoms with Gasteiger partial charge in [0.15, 0.2) is 6.61 Å². The van der Waals surface area contributed by atoms with Crippen LogP contribution in [0.1, 0.15) is 21.5 Å². The number of rotatable bonds is 4. The molecule has 0 N–H and O–H groups in total. The van der Waals surface area contributed by atoms with Gasteiger partial charge < -0.3 is 9.64 Å². The number of nitro benzene ring substituents is 1. The average molecular weight is 340 g/mol. The second-order valence-corrected chi connectivity index (χ2v) is 5.76. The third kappa shape index (κ3) is 3.35. The van der Waals surface area contributed by atoms with Gasteiger partial charge in [-0.2, -0.15) is 0 Å². The van der Waals surface area contributed by atoms with Crippen LogP contribution >= 0.6 is 0 Å². The van der Waals surface area contributed by atoms with Gasteiger partial charge in [0.05, 0.1) is 10.5 Å². The summed E-state index contributed by atoms with van der Waals surface area (Å²) in [5, 5.41) is 10.9. The Bertz CT molecular complexity index is 862. The molecule has 25 heavy (non-hydrogen) atoms. The summed E-state index contributed by atoms with van der Waals surface area (Å²) in [6, 6.07) is 11.7. The van der Waals surface area contributed by atoms with Crippen molar-refractivity contribution in [1.29, 1.82) is 0 Å². The van der Waals surface area contributed by atoms with E-state index in [2.05, 4.69) is 0 Å². The highest BCUT2D eigenvalue weighted by Gasteiger charge is 2.25. The topological polar surface area (TPSA) is 89.8 Å². The fourth-order valence-electron chi connectivity index (χ4n) is 2.82. The zero-order valence-electron chi connectivity index (χ0n) is 13.6. The maximum atomic E-state index is 12.3. The molecule has 0 fully saturated rings. The van der Waals surface area contributed by atoms with E-state index >= 15 is 0 Å². The van der Waals surface area contributed by atoms with Crippen LogP contribution in [0.25, 0.3) is 0 Å². The van der Waals surface area contributed by atoms with Crippen molar-refractivity contribution in [2.45, 2.75) is 13.3 Å². The lowest BCUT2D eigenvalue weighted by Gasteiger charge is -2.17. The summed E-state index contributed by atoms with van der Waals surface area (Å²) in [7, 11) is 0. The van der Waals surface area contributed by atoms with Crippen LogP contribution in [0.5, 0.6) is 0 Å². The Labute approximate surface area is 144 Å². The molecule has 2 aromatic carbocycles. The van der Waals surface area contributed by atoms with E-state index in [1.807, 2.05) is 24.3 Å². The average Bonchev–Trinajstić information content (AvgIpc) is 3.03. The lowest BCUT2D eigenvalue weighted by atomic mass is 10.1. The van der Waals surface area contributed by atoms with E-state index in [-0.39, 0.29) is 17.2 Å². The molecular formula is C18H16N2O5. The third-order valence-corrected chi connectivity index (χ3v) is 4.16. The third-order valence-electron chi connectivity index (χ3n) is 4.16. The Morgan fingerprint density at radius 3 is 2.76 bits per heavy atom. The van der Waals surface area contributed by atoms with Crippen molar-refractivity contribution in [3.05, 3.63) is 69.3 Å². The molecule has 0 aromatic heterocycles. The molecular weight excluding hydrogens is 324 g/mol. The van der Waals surface area contributed by atoms with Crippen molar-refractivity contribution in [3.8, 4) is 0 Å². The predicted octanol–water partition coefficient (Wildman–Crippen LogP) is 2.65. The number of benzene rings is 2. The molecule has 0 radical (unpaired) electrons. The lowest BCUT2D eigenvalue weighted by Crippen LogP contribution is -2.33. The van der Waals surface area contributed by atoms with E-state index in [0.717, 1.165) is 23.7 Å². The van der Waals surface area contributed by atoms with E-state index in [4.69, 9.17) is 4.74 Å². The predicted molar refractivity (Wildman–Crippen MR) is 90.6 cm³/mol. The molecule has 1 aliphatic rings. The maximum absolute atomic E-state index is 12.3. The molecule has 0 spiro atoms. The molecule has 0 aliphatic carbocycles. The molecule has 0 unspecified atom stereocenters. The lowest BCUT2D eigenvalue weighted by molar-refractivity contribution is -0.385.